The van der Waals surface area contributed by atoms with Crippen LogP contribution in [-0.2, 0) is 4.74 Å². The van der Waals surface area contributed by atoms with Crippen molar-refractivity contribution in [3.05, 3.63) is 34.9 Å². The molecule has 1 saturated heterocycles. The number of halogens is 2. The number of guanidine groups is 1. The second kappa shape index (κ2) is 12.3. The average Bonchev–Trinajstić information content (AvgIpc) is 2.61. The van der Waals surface area contributed by atoms with Crippen LogP contribution in [-0.4, -0.2) is 42.8 Å². The van der Waals surface area contributed by atoms with E-state index in [1.54, 1.807) is 0 Å². The molecule has 0 bridgehead atoms. The molecule has 0 radical (unpaired) electrons. The minimum absolute atomic E-state index is 0. The van der Waals surface area contributed by atoms with Gasteiger partial charge in [-0.25, -0.2) is 0 Å². The normalized spacial score (nSPS) is 17.9. The minimum atomic E-state index is 0. The third-order valence-electron chi connectivity index (χ3n) is 4.43. The Balaban J connectivity index is 0.00000338. The van der Waals surface area contributed by atoms with Gasteiger partial charge in [0.2, 0.25) is 0 Å². The van der Waals surface area contributed by atoms with E-state index in [0.717, 1.165) is 61.4 Å². The van der Waals surface area contributed by atoms with Crippen LogP contribution in [0.4, 0.5) is 0 Å². The van der Waals surface area contributed by atoms with Crippen molar-refractivity contribution in [3.63, 3.8) is 0 Å². The number of hydrogen-bond donors (Lipinski definition) is 2. The quantitative estimate of drug-likeness (QED) is 0.311. The maximum atomic E-state index is 6.11. The number of aliphatic imine (C=N–C) groups is 1. The number of rotatable bonds is 7. The average molecular weight is 512 g/mol. The van der Waals surface area contributed by atoms with Crippen LogP contribution in [0.1, 0.15) is 45.2 Å². The minimum Gasteiger partial charge on any atom is -0.381 e. The van der Waals surface area contributed by atoms with Gasteiger partial charge in [-0.05, 0) is 50.1 Å². The van der Waals surface area contributed by atoms with Gasteiger partial charge in [0.05, 0.1) is 12.6 Å². The Bertz CT molecular complexity index is 562. The number of ether oxygens (including phenoxy) is 1. The lowest BCUT2D eigenvalue weighted by Gasteiger charge is -2.35. The number of nitrogens with one attached hydrogen (secondary N) is 2. The fourth-order valence-corrected chi connectivity index (χ4v) is 4.43. The Labute approximate surface area is 184 Å². The standard InChI is InChI=1S/C19H30ClN3OS.HI/c1-4-21-18(23-15(3)16-7-6-8-17(20)13-16)22-14-19(25-5-2)9-11-24-12-10-19;/h6-8,13,15H,4-5,9-12,14H2,1-3H3,(H2,21,22,23);1H. The summed E-state index contributed by atoms with van der Waals surface area (Å²) in [5.74, 6) is 1.97. The molecule has 0 aliphatic carbocycles. The highest BCUT2D eigenvalue weighted by Crippen LogP contribution is 2.35. The fraction of sp³-hybridized carbons (Fsp3) is 0.632. The van der Waals surface area contributed by atoms with Crippen LogP contribution in [0.3, 0.4) is 0 Å². The van der Waals surface area contributed by atoms with Gasteiger partial charge in [0.1, 0.15) is 0 Å². The van der Waals surface area contributed by atoms with Gasteiger partial charge < -0.3 is 15.4 Å². The van der Waals surface area contributed by atoms with Gasteiger partial charge in [-0.1, -0.05) is 30.7 Å². The zero-order valence-electron chi connectivity index (χ0n) is 15.9. The van der Waals surface area contributed by atoms with Crippen molar-refractivity contribution < 1.29 is 4.74 Å². The van der Waals surface area contributed by atoms with Gasteiger partial charge >= 0.3 is 0 Å². The molecule has 1 aromatic carbocycles. The van der Waals surface area contributed by atoms with Crippen molar-refractivity contribution in [1.29, 1.82) is 0 Å². The highest BCUT2D eigenvalue weighted by Gasteiger charge is 2.32. The van der Waals surface area contributed by atoms with Crippen molar-refractivity contribution >= 4 is 53.3 Å². The molecule has 1 aromatic rings. The predicted octanol–water partition coefficient (Wildman–Crippen LogP) is 4.88. The van der Waals surface area contributed by atoms with E-state index in [1.807, 2.05) is 30.0 Å². The highest BCUT2D eigenvalue weighted by atomic mass is 127. The van der Waals surface area contributed by atoms with Gasteiger partial charge in [-0.3, -0.25) is 4.99 Å². The first-order valence-corrected chi connectivity index (χ1v) is 10.5. The maximum Gasteiger partial charge on any atom is 0.191 e. The molecule has 1 unspecified atom stereocenters. The summed E-state index contributed by atoms with van der Waals surface area (Å²) < 4.78 is 5.76. The van der Waals surface area contributed by atoms with Gasteiger partial charge in [0.15, 0.2) is 5.96 Å². The Hall–Kier alpha value is -0.180. The molecule has 7 heteroatoms. The molecule has 0 amide bonds. The molecule has 1 heterocycles. The van der Waals surface area contributed by atoms with E-state index in [2.05, 4.69) is 37.5 Å². The van der Waals surface area contributed by atoms with E-state index < -0.39 is 0 Å². The van der Waals surface area contributed by atoms with Crippen LogP contribution < -0.4 is 10.6 Å². The molecule has 1 fully saturated rings. The van der Waals surface area contributed by atoms with Gasteiger partial charge in [0.25, 0.3) is 0 Å². The number of hydrogen-bond acceptors (Lipinski definition) is 3. The van der Waals surface area contributed by atoms with Crippen molar-refractivity contribution in [3.8, 4) is 0 Å². The van der Waals surface area contributed by atoms with Gasteiger partial charge in [-0.15, -0.1) is 24.0 Å². The van der Waals surface area contributed by atoms with Crippen molar-refractivity contribution in [2.45, 2.75) is 44.4 Å². The zero-order chi connectivity index (χ0) is 18.1. The summed E-state index contributed by atoms with van der Waals surface area (Å²) in [7, 11) is 0. The molecule has 1 aliphatic rings. The van der Waals surface area contributed by atoms with Crippen LogP contribution in [0.15, 0.2) is 29.3 Å². The molecule has 0 spiro atoms. The molecule has 2 N–H and O–H groups in total. The Kier molecular flexibility index (Phi) is 11.3. The lowest BCUT2D eigenvalue weighted by molar-refractivity contribution is 0.0793. The molecular weight excluding hydrogens is 481 g/mol. The summed E-state index contributed by atoms with van der Waals surface area (Å²) in [6, 6.07) is 8.10. The van der Waals surface area contributed by atoms with E-state index in [1.165, 1.54) is 0 Å². The summed E-state index contributed by atoms with van der Waals surface area (Å²) in [6.45, 7) is 9.76. The second-order valence-electron chi connectivity index (χ2n) is 6.34. The topological polar surface area (TPSA) is 45.7 Å². The SMILES string of the molecule is CCNC(=NCC1(SCC)CCOCC1)NC(C)c1cccc(Cl)c1.I. The molecule has 148 valence electrons. The maximum absolute atomic E-state index is 6.11. The molecule has 0 saturated carbocycles. The number of benzene rings is 1. The Morgan fingerprint density at radius 2 is 2.08 bits per heavy atom. The molecule has 4 nitrogen and oxygen atoms in total. The molecular formula is C19H31ClIN3OS. The smallest absolute Gasteiger partial charge is 0.191 e. The van der Waals surface area contributed by atoms with Crippen molar-refractivity contribution in [1.82, 2.24) is 10.6 Å². The van der Waals surface area contributed by atoms with Crippen LogP contribution in [0.5, 0.6) is 0 Å². The lowest BCUT2D eigenvalue weighted by atomic mass is 9.99. The first-order chi connectivity index (χ1) is 12.1. The summed E-state index contributed by atoms with van der Waals surface area (Å²) in [4.78, 5) is 4.90. The first kappa shape index (κ1) is 23.9. The predicted molar refractivity (Wildman–Crippen MR) is 125 cm³/mol. The van der Waals surface area contributed by atoms with Crippen LogP contribution in [0.25, 0.3) is 0 Å². The summed E-state index contributed by atoms with van der Waals surface area (Å²) in [6.07, 6.45) is 2.14. The summed E-state index contributed by atoms with van der Waals surface area (Å²) in [5.41, 5.74) is 1.15. The third kappa shape index (κ3) is 7.44. The van der Waals surface area contributed by atoms with Crippen LogP contribution in [0, 0.1) is 0 Å². The first-order valence-electron chi connectivity index (χ1n) is 9.10. The molecule has 1 aliphatic heterocycles. The molecule has 26 heavy (non-hydrogen) atoms. The van der Waals surface area contributed by atoms with E-state index in [0.29, 0.717) is 0 Å². The summed E-state index contributed by atoms with van der Waals surface area (Å²) >= 11 is 8.13. The highest BCUT2D eigenvalue weighted by molar-refractivity contribution is 14.0. The van der Waals surface area contributed by atoms with Gasteiger partial charge in [-0.2, -0.15) is 11.8 Å². The second-order valence-corrected chi connectivity index (χ2v) is 8.51. The molecule has 1 atom stereocenters. The largest absolute Gasteiger partial charge is 0.381 e. The third-order valence-corrected chi connectivity index (χ3v) is 6.10. The molecule has 2 rings (SSSR count). The van der Waals surface area contributed by atoms with E-state index >= 15 is 0 Å². The Morgan fingerprint density at radius 1 is 1.35 bits per heavy atom. The Morgan fingerprint density at radius 3 is 2.69 bits per heavy atom. The fourth-order valence-electron chi connectivity index (χ4n) is 3.01. The monoisotopic (exact) mass is 511 g/mol. The van der Waals surface area contributed by atoms with E-state index in [9.17, 15) is 0 Å². The van der Waals surface area contributed by atoms with Crippen LogP contribution >= 0.6 is 47.3 Å². The molecule has 0 aromatic heterocycles. The van der Waals surface area contributed by atoms with Gasteiger partial charge in [0, 0.05) is 29.5 Å². The number of thioether (sulfide) groups is 1. The zero-order valence-corrected chi connectivity index (χ0v) is 19.8. The van der Waals surface area contributed by atoms with Crippen molar-refractivity contribution in [2.24, 2.45) is 4.99 Å². The summed E-state index contributed by atoms with van der Waals surface area (Å²) in [5, 5.41) is 7.62. The van der Waals surface area contributed by atoms with E-state index in [-0.39, 0.29) is 34.8 Å². The lowest BCUT2D eigenvalue weighted by Crippen LogP contribution is -2.42. The van der Waals surface area contributed by atoms with Crippen molar-refractivity contribution in [2.75, 3.05) is 32.1 Å². The van der Waals surface area contributed by atoms with E-state index in [4.69, 9.17) is 21.3 Å². The van der Waals surface area contributed by atoms with Crippen LogP contribution in [0.2, 0.25) is 5.02 Å². The number of nitrogens with zero attached hydrogens (tertiary/aromatic N) is 1.